The quantitative estimate of drug-likeness (QED) is 0.790. The van der Waals surface area contributed by atoms with E-state index in [-0.39, 0.29) is 5.91 Å². The molecule has 0 N–H and O–H groups in total. The summed E-state index contributed by atoms with van der Waals surface area (Å²) in [6.07, 6.45) is 4.22. The molecule has 3 rings (SSSR count). The van der Waals surface area contributed by atoms with Gasteiger partial charge in [0.1, 0.15) is 11.8 Å². The number of sulfonamides is 1. The topological polar surface area (TPSA) is 74.1 Å². The predicted octanol–water partition coefficient (Wildman–Crippen LogP) is 0.348. The van der Waals surface area contributed by atoms with Crippen LogP contribution in [-0.4, -0.2) is 73.5 Å². The molecule has 0 spiro atoms. The Morgan fingerprint density at radius 2 is 2.00 bits per heavy atom. The van der Waals surface area contributed by atoms with E-state index in [0.29, 0.717) is 26.1 Å². The Bertz CT molecular complexity index is 636. The van der Waals surface area contributed by atoms with Gasteiger partial charge in [-0.3, -0.25) is 9.69 Å². The molecule has 2 aliphatic heterocycles. The Kier molecular flexibility index (Phi) is 4.74. The number of amides is 1. The van der Waals surface area contributed by atoms with Crippen LogP contribution in [0.5, 0.6) is 0 Å². The van der Waals surface area contributed by atoms with Crippen LogP contribution in [-0.2, 0) is 21.4 Å². The van der Waals surface area contributed by atoms with Crippen LogP contribution >= 0.6 is 0 Å². The number of rotatable bonds is 4. The van der Waals surface area contributed by atoms with Gasteiger partial charge in [-0.15, -0.1) is 0 Å². The highest BCUT2D eigenvalue weighted by molar-refractivity contribution is 7.88. The molecule has 0 aromatic carbocycles. The summed E-state index contributed by atoms with van der Waals surface area (Å²) < 4.78 is 30.3. The van der Waals surface area contributed by atoms with Crippen LogP contribution in [0.2, 0.25) is 0 Å². The molecule has 0 radical (unpaired) electrons. The zero-order chi connectivity index (χ0) is 16.4. The number of hydrogen-bond acceptors (Lipinski definition) is 5. The summed E-state index contributed by atoms with van der Waals surface area (Å²) in [5.74, 6) is 0.870. The van der Waals surface area contributed by atoms with Crippen molar-refractivity contribution in [1.29, 1.82) is 0 Å². The normalized spacial score (nSPS) is 24.2. The molecule has 3 heterocycles. The van der Waals surface area contributed by atoms with Crippen molar-refractivity contribution in [2.45, 2.75) is 25.4 Å². The Labute approximate surface area is 136 Å². The molecule has 2 aliphatic rings. The van der Waals surface area contributed by atoms with Crippen LogP contribution in [0.15, 0.2) is 22.8 Å². The highest BCUT2D eigenvalue weighted by Gasteiger charge is 2.39. The average Bonchev–Trinajstić information content (AvgIpc) is 3.18. The Morgan fingerprint density at radius 1 is 1.26 bits per heavy atom. The van der Waals surface area contributed by atoms with Crippen molar-refractivity contribution in [1.82, 2.24) is 14.1 Å². The lowest BCUT2D eigenvalue weighted by Crippen LogP contribution is -2.54. The Balaban J connectivity index is 1.56. The fourth-order valence-corrected chi connectivity index (χ4v) is 4.46. The van der Waals surface area contributed by atoms with Crippen molar-refractivity contribution < 1.29 is 17.6 Å². The first-order valence-corrected chi connectivity index (χ1v) is 9.80. The summed E-state index contributed by atoms with van der Waals surface area (Å²) >= 11 is 0. The number of carbonyl (C=O) groups is 1. The third-order valence-electron chi connectivity index (χ3n) is 4.56. The van der Waals surface area contributed by atoms with E-state index in [1.54, 1.807) is 11.2 Å². The van der Waals surface area contributed by atoms with Gasteiger partial charge in [-0.1, -0.05) is 0 Å². The lowest BCUT2D eigenvalue weighted by Gasteiger charge is -2.36. The molecule has 0 bridgehead atoms. The summed E-state index contributed by atoms with van der Waals surface area (Å²) in [6, 6.07) is 3.30. The molecule has 7 nitrogen and oxygen atoms in total. The first-order valence-electron chi connectivity index (χ1n) is 7.95. The summed E-state index contributed by atoms with van der Waals surface area (Å²) in [4.78, 5) is 16.7. The lowest BCUT2D eigenvalue weighted by atomic mass is 10.2. The highest BCUT2D eigenvalue weighted by Crippen LogP contribution is 2.23. The molecule has 1 amide bonds. The zero-order valence-corrected chi connectivity index (χ0v) is 14.2. The van der Waals surface area contributed by atoms with Gasteiger partial charge < -0.3 is 9.32 Å². The summed E-state index contributed by atoms with van der Waals surface area (Å²) in [5, 5.41) is 0. The van der Waals surface area contributed by atoms with Crippen molar-refractivity contribution in [2.75, 3.05) is 39.0 Å². The molecule has 1 aromatic heterocycles. The standard InChI is InChI=1S/C15H23N3O4S/c1-23(20,21)18-6-2-5-14(18)15(19)17-9-7-16(8-10-17)12-13-4-3-11-22-13/h3-4,11,14H,2,5-10,12H2,1H3. The van der Waals surface area contributed by atoms with E-state index in [0.717, 1.165) is 31.8 Å². The molecule has 23 heavy (non-hydrogen) atoms. The van der Waals surface area contributed by atoms with Gasteiger partial charge in [0, 0.05) is 32.7 Å². The minimum atomic E-state index is -3.32. The third kappa shape index (κ3) is 3.76. The minimum absolute atomic E-state index is 0.0504. The molecular weight excluding hydrogens is 318 g/mol. The minimum Gasteiger partial charge on any atom is -0.468 e. The van der Waals surface area contributed by atoms with Gasteiger partial charge in [0.25, 0.3) is 0 Å². The second-order valence-corrected chi connectivity index (χ2v) is 8.15. The summed E-state index contributed by atoms with van der Waals surface area (Å²) in [6.45, 7) is 4.01. The van der Waals surface area contributed by atoms with Crippen LogP contribution in [0.25, 0.3) is 0 Å². The molecule has 2 saturated heterocycles. The number of carbonyl (C=O) groups excluding carboxylic acids is 1. The van der Waals surface area contributed by atoms with Crippen LogP contribution in [0.1, 0.15) is 18.6 Å². The van der Waals surface area contributed by atoms with Gasteiger partial charge in [0.2, 0.25) is 15.9 Å². The maximum atomic E-state index is 12.7. The number of furan rings is 1. The van der Waals surface area contributed by atoms with E-state index >= 15 is 0 Å². The molecular formula is C15H23N3O4S. The van der Waals surface area contributed by atoms with Crippen molar-refractivity contribution in [3.05, 3.63) is 24.2 Å². The fraction of sp³-hybridized carbons (Fsp3) is 0.667. The smallest absolute Gasteiger partial charge is 0.241 e. The molecule has 2 fully saturated rings. The van der Waals surface area contributed by atoms with Gasteiger partial charge in [0.15, 0.2) is 0 Å². The first kappa shape index (κ1) is 16.5. The lowest BCUT2D eigenvalue weighted by molar-refractivity contribution is -0.136. The van der Waals surface area contributed by atoms with Crippen molar-refractivity contribution in [3.63, 3.8) is 0 Å². The molecule has 0 saturated carbocycles. The largest absolute Gasteiger partial charge is 0.468 e. The van der Waals surface area contributed by atoms with Gasteiger partial charge in [-0.2, -0.15) is 4.31 Å². The highest BCUT2D eigenvalue weighted by atomic mass is 32.2. The number of piperazine rings is 1. The number of hydrogen-bond donors (Lipinski definition) is 0. The van der Waals surface area contributed by atoms with E-state index in [9.17, 15) is 13.2 Å². The SMILES string of the molecule is CS(=O)(=O)N1CCCC1C(=O)N1CCN(Cc2ccco2)CC1. The predicted molar refractivity (Wildman–Crippen MR) is 85.1 cm³/mol. The van der Waals surface area contributed by atoms with Crippen molar-refractivity contribution in [3.8, 4) is 0 Å². The van der Waals surface area contributed by atoms with E-state index in [4.69, 9.17) is 4.42 Å². The van der Waals surface area contributed by atoms with Crippen LogP contribution in [0.4, 0.5) is 0 Å². The second-order valence-electron chi connectivity index (χ2n) is 6.21. The summed E-state index contributed by atoms with van der Waals surface area (Å²) in [5.41, 5.74) is 0. The first-order chi connectivity index (χ1) is 10.9. The van der Waals surface area contributed by atoms with Crippen LogP contribution in [0.3, 0.4) is 0 Å². The van der Waals surface area contributed by atoms with Crippen LogP contribution in [0, 0.1) is 0 Å². The molecule has 0 aliphatic carbocycles. The van der Waals surface area contributed by atoms with E-state index in [1.165, 1.54) is 10.6 Å². The van der Waals surface area contributed by atoms with Crippen molar-refractivity contribution in [2.24, 2.45) is 0 Å². The van der Waals surface area contributed by atoms with E-state index in [2.05, 4.69) is 4.90 Å². The van der Waals surface area contributed by atoms with Gasteiger partial charge >= 0.3 is 0 Å². The zero-order valence-electron chi connectivity index (χ0n) is 13.3. The molecule has 1 atom stereocenters. The number of nitrogens with zero attached hydrogens (tertiary/aromatic N) is 3. The molecule has 1 unspecified atom stereocenters. The van der Waals surface area contributed by atoms with Gasteiger partial charge in [-0.25, -0.2) is 8.42 Å². The molecule has 8 heteroatoms. The molecule has 128 valence electrons. The maximum Gasteiger partial charge on any atom is 0.241 e. The van der Waals surface area contributed by atoms with Crippen molar-refractivity contribution >= 4 is 15.9 Å². The monoisotopic (exact) mass is 341 g/mol. The Hall–Kier alpha value is -1.38. The Morgan fingerprint density at radius 3 is 2.61 bits per heavy atom. The second kappa shape index (κ2) is 6.62. The van der Waals surface area contributed by atoms with Gasteiger partial charge in [0.05, 0.1) is 19.1 Å². The molecule has 1 aromatic rings. The average molecular weight is 341 g/mol. The summed E-state index contributed by atoms with van der Waals surface area (Å²) in [7, 11) is -3.32. The van der Waals surface area contributed by atoms with E-state index < -0.39 is 16.1 Å². The third-order valence-corrected chi connectivity index (χ3v) is 5.85. The maximum absolute atomic E-state index is 12.7. The van der Waals surface area contributed by atoms with Gasteiger partial charge in [-0.05, 0) is 25.0 Å². The van der Waals surface area contributed by atoms with Crippen LogP contribution < -0.4 is 0 Å². The van der Waals surface area contributed by atoms with E-state index in [1.807, 2.05) is 12.1 Å². The fourth-order valence-electron chi connectivity index (χ4n) is 3.34.